The largest absolute Gasteiger partial charge is 0.493 e. The predicted molar refractivity (Wildman–Crippen MR) is 124 cm³/mol. The Bertz CT molecular complexity index is 1420. The number of hydrogen-bond donors (Lipinski definition) is 0. The second kappa shape index (κ2) is 9.90. The molecule has 3 aromatic rings. The molecule has 0 spiro atoms. The zero-order valence-electron chi connectivity index (χ0n) is 18.4. The maximum Gasteiger partial charge on any atom is 0.387 e. The summed E-state index contributed by atoms with van der Waals surface area (Å²) in [6, 6.07) is 7.45. The molecule has 34 heavy (non-hydrogen) atoms. The van der Waals surface area contributed by atoms with Gasteiger partial charge in [-0.3, -0.25) is 9.36 Å². The van der Waals surface area contributed by atoms with Gasteiger partial charge in [0.15, 0.2) is 16.3 Å². The van der Waals surface area contributed by atoms with Crippen LogP contribution in [0.25, 0.3) is 6.08 Å². The monoisotopic (exact) mass is 506 g/mol. The Hall–Kier alpha value is -3.31. The van der Waals surface area contributed by atoms with Crippen molar-refractivity contribution >= 4 is 34.7 Å². The highest BCUT2D eigenvalue weighted by Gasteiger charge is 2.33. The maximum absolute atomic E-state index is 13.5. The lowest BCUT2D eigenvalue weighted by Crippen LogP contribution is -2.39. The van der Waals surface area contributed by atoms with Crippen molar-refractivity contribution in [3.8, 4) is 11.5 Å². The van der Waals surface area contributed by atoms with Crippen LogP contribution in [-0.2, 0) is 9.53 Å². The molecule has 0 saturated carbocycles. The van der Waals surface area contributed by atoms with Crippen LogP contribution >= 0.6 is 22.7 Å². The highest BCUT2D eigenvalue weighted by molar-refractivity contribution is 7.10. The second-order valence-corrected chi connectivity index (χ2v) is 9.09. The van der Waals surface area contributed by atoms with Crippen LogP contribution in [0.4, 0.5) is 8.78 Å². The van der Waals surface area contributed by atoms with Crippen LogP contribution in [0.15, 0.2) is 56.8 Å². The molecule has 1 unspecified atom stereocenters. The minimum atomic E-state index is -2.99. The fraction of sp³-hybridized carbons (Fsp3) is 0.261. The number of alkyl halides is 2. The molecule has 0 fully saturated rings. The molecule has 1 aliphatic rings. The zero-order valence-corrected chi connectivity index (χ0v) is 20.0. The maximum atomic E-state index is 13.5. The van der Waals surface area contributed by atoms with Crippen molar-refractivity contribution in [2.24, 2.45) is 4.99 Å². The van der Waals surface area contributed by atoms with Gasteiger partial charge in [0.25, 0.3) is 5.56 Å². The van der Waals surface area contributed by atoms with Crippen molar-refractivity contribution in [1.29, 1.82) is 0 Å². The topological polar surface area (TPSA) is 79.1 Å². The van der Waals surface area contributed by atoms with Crippen molar-refractivity contribution < 1.29 is 27.8 Å². The average molecular weight is 507 g/mol. The third-order valence-corrected chi connectivity index (χ3v) is 6.94. The third-order valence-electron chi connectivity index (χ3n) is 5.03. The van der Waals surface area contributed by atoms with Crippen LogP contribution < -0.4 is 24.4 Å². The SMILES string of the molecule is CCOC(=O)C1=C(C)N=c2s/c(=C/c3ccc(OC(F)F)c(OC)c3)c(=O)n2C1c1cccs1. The van der Waals surface area contributed by atoms with Gasteiger partial charge in [0.1, 0.15) is 6.04 Å². The number of hydrogen-bond acceptors (Lipinski definition) is 8. The fourth-order valence-electron chi connectivity index (χ4n) is 3.63. The normalized spacial score (nSPS) is 15.8. The number of carbonyl (C=O) groups is 1. The summed E-state index contributed by atoms with van der Waals surface area (Å²) >= 11 is 2.60. The Balaban J connectivity index is 1.85. The summed E-state index contributed by atoms with van der Waals surface area (Å²) in [5.74, 6) is -0.516. The van der Waals surface area contributed by atoms with E-state index in [1.165, 1.54) is 46.5 Å². The van der Waals surface area contributed by atoms with Crippen LogP contribution in [0, 0.1) is 0 Å². The third kappa shape index (κ3) is 4.53. The molecular weight excluding hydrogens is 486 g/mol. The summed E-state index contributed by atoms with van der Waals surface area (Å²) in [6.45, 7) is 0.646. The molecule has 1 aromatic carbocycles. The summed E-state index contributed by atoms with van der Waals surface area (Å²) < 4.78 is 41.9. The number of methoxy groups -OCH3 is 1. The van der Waals surface area contributed by atoms with Crippen LogP contribution in [-0.4, -0.2) is 30.9 Å². The Morgan fingerprint density at radius 1 is 1.29 bits per heavy atom. The lowest BCUT2D eigenvalue weighted by atomic mass is 10.0. The van der Waals surface area contributed by atoms with E-state index in [9.17, 15) is 18.4 Å². The van der Waals surface area contributed by atoms with Gasteiger partial charge in [-0.25, -0.2) is 9.79 Å². The number of halogens is 2. The van der Waals surface area contributed by atoms with E-state index >= 15 is 0 Å². The average Bonchev–Trinajstić information content (AvgIpc) is 3.42. The summed E-state index contributed by atoms with van der Waals surface area (Å²) in [6.07, 6.45) is 1.62. The molecule has 4 rings (SSSR count). The number of allylic oxidation sites excluding steroid dienone is 1. The first-order chi connectivity index (χ1) is 16.3. The van der Waals surface area contributed by atoms with Crippen LogP contribution in [0.1, 0.15) is 30.3 Å². The van der Waals surface area contributed by atoms with Crippen LogP contribution in [0.2, 0.25) is 0 Å². The summed E-state index contributed by atoms with van der Waals surface area (Å²) in [4.78, 5) is 32.0. The van der Waals surface area contributed by atoms with Gasteiger partial charge in [-0.1, -0.05) is 23.5 Å². The molecule has 0 aliphatic carbocycles. The van der Waals surface area contributed by atoms with Gasteiger partial charge in [0, 0.05) is 4.88 Å². The molecule has 178 valence electrons. The van der Waals surface area contributed by atoms with Crippen LogP contribution in [0.5, 0.6) is 11.5 Å². The smallest absolute Gasteiger partial charge is 0.387 e. The number of rotatable bonds is 7. The number of nitrogens with zero attached hydrogens (tertiary/aromatic N) is 2. The van der Waals surface area contributed by atoms with E-state index in [2.05, 4.69) is 9.73 Å². The molecule has 7 nitrogen and oxygen atoms in total. The number of thiophene rings is 1. The van der Waals surface area contributed by atoms with E-state index in [1.807, 2.05) is 17.5 Å². The minimum Gasteiger partial charge on any atom is -0.493 e. The molecule has 0 saturated heterocycles. The van der Waals surface area contributed by atoms with Gasteiger partial charge < -0.3 is 14.2 Å². The van der Waals surface area contributed by atoms with Gasteiger partial charge in [0.05, 0.1) is 29.5 Å². The van der Waals surface area contributed by atoms with Crippen molar-refractivity contribution in [3.63, 3.8) is 0 Å². The Morgan fingerprint density at radius 2 is 2.09 bits per heavy atom. The lowest BCUT2D eigenvalue weighted by Gasteiger charge is -2.23. The van der Waals surface area contributed by atoms with E-state index in [1.54, 1.807) is 26.0 Å². The molecular formula is C23H20F2N2O5S2. The number of carbonyl (C=O) groups excluding carboxylic acids is 1. The minimum absolute atomic E-state index is 0.108. The van der Waals surface area contributed by atoms with E-state index < -0.39 is 18.6 Å². The van der Waals surface area contributed by atoms with Gasteiger partial charge >= 0.3 is 12.6 Å². The highest BCUT2D eigenvalue weighted by atomic mass is 32.1. The summed E-state index contributed by atoms with van der Waals surface area (Å²) in [7, 11) is 1.34. The molecule has 1 atom stereocenters. The molecule has 2 aromatic heterocycles. The number of aromatic nitrogens is 1. The number of benzene rings is 1. The predicted octanol–water partition coefficient (Wildman–Crippen LogP) is 3.47. The van der Waals surface area contributed by atoms with Crippen molar-refractivity contribution in [2.75, 3.05) is 13.7 Å². The Kier molecular flexibility index (Phi) is 6.94. The van der Waals surface area contributed by atoms with Crippen molar-refractivity contribution in [2.45, 2.75) is 26.5 Å². The van der Waals surface area contributed by atoms with E-state index in [-0.39, 0.29) is 23.7 Å². The van der Waals surface area contributed by atoms with Crippen molar-refractivity contribution in [3.05, 3.63) is 77.1 Å². The Morgan fingerprint density at radius 3 is 2.74 bits per heavy atom. The first-order valence-corrected chi connectivity index (χ1v) is 11.9. The number of thiazole rings is 1. The van der Waals surface area contributed by atoms with Gasteiger partial charge in [-0.05, 0) is 49.1 Å². The molecule has 0 bridgehead atoms. The van der Waals surface area contributed by atoms with Crippen molar-refractivity contribution in [1.82, 2.24) is 4.57 Å². The van der Waals surface area contributed by atoms with Crippen LogP contribution in [0.3, 0.4) is 0 Å². The lowest BCUT2D eigenvalue weighted by molar-refractivity contribution is -0.139. The van der Waals surface area contributed by atoms with E-state index in [0.717, 1.165) is 4.88 Å². The van der Waals surface area contributed by atoms with Gasteiger partial charge in [-0.2, -0.15) is 8.78 Å². The van der Waals surface area contributed by atoms with Gasteiger partial charge in [-0.15, -0.1) is 11.3 Å². The zero-order chi connectivity index (χ0) is 24.4. The van der Waals surface area contributed by atoms with E-state index in [4.69, 9.17) is 9.47 Å². The summed E-state index contributed by atoms with van der Waals surface area (Å²) in [5, 5.41) is 1.87. The Labute approximate surface area is 200 Å². The quantitative estimate of drug-likeness (QED) is 0.459. The number of ether oxygens (including phenoxy) is 3. The molecule has 0 amide bonds. The van der Waals surface area contributed by atoms with Gasteiger partial charge in [0.2, 0.25) is 0 Å². The first-order valence-electron chi connectivity index (χ1n) is 10.2. The fourth-order valence-corrected chi connectivity index (χ4v) is 5.50. The van der Waals surface area contributed by atoms with E-state index in [0.29, 0.717) is 26.2 Å². The molecule has 0 radical (unpaired) electrons. The molecule has 3 heterocycles. The highest BCUT2D eigenvalue weighted by Crippen LogP contribution is 2.33. The number of esters is 1. The molecule has 0 N–H and O–H groups in total. The second-order valence-electron chi connectivity index (χ2n) is 7.11. The molecule has 11 heteroatoms. The first kappa shape index (κ1) is 23.8. The molecule has 1 aliphatic heterocycles. The summed E-state index contributed by atoms with van der Waals surface area (Å²) in [5.41, 5.74) is 1.03. The standard InChI is InChI=1S/C23H20F2N2O5S2/c1-4-31-21(29)18-12(2)26-23-27(19(18)16-6-5-9-33-16)20(28)17(34-23)11-13-7-8-14(32-22(24)25)15(10-13)30-3/h5-11,19,22H,4H2,1-3H3/b17-11+. The number of fused-ring (bicyclic) bond motifs is 1.